The molecule has 0 saturated heterocycles. The SMILES string of the molecule is OCc1cnccc1Nc1cc(-c2cc(C(F)(F)F)ccc2F)nc2ncccc12. The number of aliphatic hydroxyl groups excluding tert-OH is 1. The fourth-order valence-electron chi connectivity index (χ4n) is 3.02. The zero-order chi connectivity index (χ0) is 21.3. The van der Waals surface area contributed by atoms with Crippen molar-refractivity contribution in [2.45, 2.75) is 12.8 Å². The number of aromatic nitrogens is 3. The Labute approximate surface area is 168 Å². The van der Waals surface area contributed by atoms with E-state index in [9.17, 15) is 22.7 Å². The molecule has 0 aliphatic heterocycles. The Morgan fingerprint density at radius 1 is 1.00 bits per heavy atom. The normalized spacial score (nSPS) is 11.6. The first-order valence-electron chi connectivity index (χ1n) is 8.80. The molecule has 0 amide bonds. The molecular weight excluding hydrogens is 400 g/mol. The Morgan fingerprint density at radius 3 is 2.60 bits per heavy atom. The van der Waals surface area contributed by atoms with Crippen LogP contribution >= 0.6 is 0 Å². The van der Waals surface area contributed by atoms with Gasteiger partial charge in [-0.2, -0.15) is 13.2 Å². The van der Waals surface area contributed by atoms with Crippen LogP contribution in [0.5, 0.6) is 0 Å². The van der Waals surface area contributed by atoms with E-state index >= 15 is 0 Å². The lowest BCUT2D eigenvalue weighted by Crippen LogP contribution is -2.06. The second-order valence-electron chi connectivity index (χ2n) is 6.44. The van der Waals surface area contributed by atoms with Crippen LogP contribution in [-0.4, -0.2) is 20.1 Å². The maximum absolute atomic E-state index is 14.4. The number of pyridine rings is 3. The van der Waals surface area contributed by atoms with Gasteiger partial charge in [0.05, 0.1) is 23.6 Å². The van der Waals surface area contributed by atoms with Crippen molar-refractivity contribution in [1.82, 2.24) is 15.0 Å². The number of fused-ring (bicyclic) bond motifs is 1. The van der Waals surface area contributed by atoms with Crippen molar-refractivity contribution >= 4 is 22.4 Å². The van der Waals surface area contributed by atoms with Crippen LogP contribution in [0.25, 0.3) is 22.3 Å². The average molecular weight is 414 g/mol. The molecule has 0 spiro atoms. The molecule has 9 heteroatoms. The van der Waals surface area contributed by atoms with Gasteiger partial charge < -0.3 is 10.4 Å². The Balaban J connectivity index is 1.89. The van der Waals surface area contributed by atoms with Gasteiger partial charge in [0, 0.05) is 40.8 Å². The molecule has 0 fully saturated rings. The second kappa shape index (κ2) is 7.68. The number of halogens is 4. The van der Waals surface area contributed by atoms with Crippen LogP contribution < -0.4 is 5.32 Å². The summed E-state index contributed by atoms with van der Waals surface area (Å²) in [6, 6.07) is 8.66. The van der Waals surface area contributed by atoms with Gasteiger partial charge in [0.25, 0.3) is 0 Å². The molecule has 0 unspecified atom stereocenters. The molecule has 0 aliphatic rings. The number of hydrogen-bond donors (Lipinski definition) is 2. The third kappa shape index (κ3) is 3.79. The fraction of sp³-hybridized carbons (Fsp3) is 0.0952. The Bertz CT molecular complexity index is 1230. The summed E-state index contributed by atoms with van der Waals surface area (Å²) < 4.78 is 53.8. The number of aliphatic hydroxyl groups is 1. The van der Waals surface area contributed by atoms with Gasteiger partial charge >= 0.3 is 6.18 Å². The van der Waals surface area contributed by atoms with E-state index in [-0.39, 0.29) is 23.5 Å². The van der Waals surface area contributed by atoms with Crippen molar-refractivity contribution in [1.29, 1.82) is 0 Å². The zero-order valence-corrected chi connectivity index (χ0v) is 15.3. The van der Waals surface area contributed by atoms with Crippen LogP contribution in [0, 0.1) is 5.82 Å². The van der Waals surface area contributed by atoms with Crippen molar-refractivity contribution < 1.29 is 22.7 Å². The van der Waals surface area contributed by atoms with Crippen molar-refractivity contribution in [2.24, 2.45) is 0 Å². The van der Waals surface area contributed by atoms with E-state index in [4.69, 9.17) is 0 Å². The monoisotopic (exact) mass is 414 g/mol. The number of hydrogen-bond acceptors (Lipinski definition) is 5. The van der Waals surface area contributed by atoms with Gasteiger partial charge in [-0.1, -0.05) is 0 Å². The van der Waals surface area contributed by atoms with E-state index in [0.717, 1.165) is 12.1 Å². The summed E-state index contributed by atoms with van der Waals surface area (Å²) in [6.45, 7) is -0.271. The maximum atomic E-state index is 14.4. The van der Waals surface area contributed by atoms with Crippen LogP contribution in [0.3, 0.4) is 0 Å². The lowest BCUT2D eigenvalue weighted by molar-refractivity contribution is -0.137. The summed E-state index contributed by atoms with van der Waals surface area (Å²) in [5.41, 5.74) is 0.449. The minimum atomic E-state index is -4.62. The summed E-state index contributed by atoms with van der Waals surface area (Å²) in [6.07, 6.45) is -0.128. The smallest absolute Gasteiger partial charge is 0.392 e. The topological polar surface area (TPSA) is 70.9 Å². The molecule has 30 heavy (non-hydrogen) atoms. The van der Waals surface area contributed by atoms with Gasteiger partial charge in [0.2, 0.25) is 0 Å². The molecule has 0 atom stereocenters. The molecule has 152 valence electrons. The average Bonchev–Trinajstić information content (AvgIpc) is 2.73. The lowest BCUT2D eigenvalue weighted by Gasteiger charge is -2.15. The molecule has 5 nitrogen and oxygen atoms in total. The third-order valence-electron chi connectivity index (χ3n) is 4.50. The quantitative estimate of drug-likeness (QED) is 0.456. The highest BCUT2D eigenvalue weighted by Crippen LogP contribution is 2.35. The highest BCUT2D eigenvalue weighted by molar-refractivity contribution is 5.93. The highest BCUT2D eigenvalue weighted by atomic mass is 19.4. The van der Waals surface area contributed by atoms with Gasteiger partial charge in [0.15, 0.2) is 5.65 Å². The van der Waals surface area contributed by atoms with E-state index in [1.165, 1.54) is 24.7 Å². The first-order chi connectivity index (χ1) is 14.4. The minimum Gasteiger partial charge on any atom is -0.392 e. The molecule has 0 aliphatic carbocycles. The first-order valence-corrected chi connectivity index (χ1v) is 8.80. The molecule has 1 aromatic carbocycles. The Hall–Kier alpha value is -3.59. The van der Waals surface area contributed by atoms with E-state index in [2.05, 4.69) is 20.3 Å². The van der Waals surface area contributed by atoms with Gasteiger partial charge in [-0.15, -0.1) is 0 Å². The van der Waals surface area contributed by atoms with Crippen LogP contribution in [0.2, 0.25) is 0 Å². The molecule has 0 bridgehead atoms. The van der Waals surface area contributed by atoms with E-state index in [1.807, 2.05) is 0 Å². The van der Waals surface area contributed by atoms with E-state index < -0.39 is 17.6 Å². The molecule has 0 saturated carbocycles. The summed E-state index contributed by atoms with van der Waals surface area (Å²) in [5, 5.41) is 13.2. The van der Waals surface area contributed by atoms with E-state index in [1.54, 1.807) is 18.2 Å². The Morgan fingerprint density at radius 2 is 1.83 bits per heavy atom. The molecule has 3 aromatic heterocycles. The number of alkyl halides is 3. The van der Waals surface area contributed by atoms with Crippen molar-refractivity contribution in [3.63, 3.8) is 0 Å². The third-order valence-corrected chi connectivity index (χ3v) is 4.50. The van der Waals surface area contributed by atoms with E-state index in [0.29, 0.717) is 28.4 Å². The molecule has 3 heterocycles. The number of nitrogens with zero attached hydrogens (tertiary/aromatic N) is 3. The summed E-state index contributed by atoms with van der Waals surface area (Å²) in [5.74, 6) is -0.836. The minimum absolute atomic E-state index is 0.00750. The first kappa shape index (κ1) is 19.7. The number of rotatable bonds is 4. The Kier molecular flexibility index (Phi) is 5.04. The van der Waals surface area contributed by atoms with Crippen molar-refractivity contribution in [3.05, 3.63) is 78.0 Å². The number of nitrogens with one attached hydrogen (secondary N) is 1. The highest BCUT2D eigenvalue weighted by Gasteiger charge is 2.31. The number of anilines is 2. The summed E-state index contributed by atoms with van der Waals surface area (Å²) >= 11 is 0. The van der Waals surface area contributed by atoms with Crippen LogP contribution in [0.4, 0.5) is 28.9 Å². The lowest BCUT2D eigenvalue weighted by atomic mass is 10.0. The predicted molar refractivity (Wildman–Crippen MR) is 103 cm³/mol. The standard InChI is InChI=1S/C21H14F4N4O/c22-16-4-3-13(21(23,24)25)8-15(16)19-9-18(14-2-1-6-27-20(14)29-19)28-17-5-7-26-10-12(17)11-30/h1-10,30H,11H2,(H,26,27,28,29). The molecule has 2 N–H and O–H groups in total. The van der Waals surface area contributed by atoms with Crippen LogP contribution in [-0.2, 0) is 12.8 Å². The van der Waals surface area contributed by atoms with Crippen molar-refractivity contribution in [3.8, 4) is 11.3 Å². The maximum Gasteiger partial charge on any atom is 0.416 e. The zero-order valence-electron chi connectivity index (χ0n) is 15.3. The van der Waals surface area contributed by atoms with Crippen LogP contribution in [0.15, 0.2) is 61.1 Å². The largest absolute Gasteiger partial charge is 0.416 e. The summed E-state index contributed by atoms with van der Waals surface area (Å²) in [4.78, 5) is 12.4. The molecule has 4 aromatic rings. The fourth-order valence-corrected chi connectivity index (χ4v) is 3.02. The van der Waals surface area contributed by atoms with Crippen molar-refractivity contribution in [2.75, 3.05) is 5.32 Å². The molecular formula is C21H14F4N4O. The molecule has 4 rings (SSSR count). The van der Waals surface area contributed by atoms with Gasteiger partial charge in [-0.3, -0.25) is 4.98 Å². The van der Waals surface area contributed by atoms with Gasteiger partial charge in [0.1, 0.15) is 5.82 Å². The van der Waals surface area contributed by atoms with Crippen LogP contribution in [0.1, 0.15) is 11.1 Å². The molecule has 0 radical (unpaired) electrons. The second-order valence-corrected chi connectivity index (χ2v) is 6.44. The predicted octanol–water partition coefficient (Wildman–Crippen LogP) is 5.09. The summed E-state index contributed by atoms with van der Waals surface area (Å²) in [7, 11) is 0. The van der Waals surface area contributed by atoms with Gasteiger partial charge in [-0.25, -0.2) is 14.4 Å². The number of benzene rings is 1. The van der Waals surface area contributed by atoms with Gasteiger partial charge in [-0.05, 0) is 42.5 Å².